The Hall–Kier alpha value is -0.420. The van der Waals surface area contributed by atoms with Crippen molar-refractivity contribution < 1.29 is 4.39 Å². The van der Waals surface area contributed by atoms with Crippen LogP contribution in [0, 0.1) is 5.82 Å². The standard InChI is InChI=1S/C11H9BrFNS.ClH/c12-9-6-7(13)3-4-8(9)11(14)10-2-1-5-15-10;/h1-6,11H,14H2;1H/t11-;/m1./s1. The molecule has 0 aliphatic carbocycles. The van der Waals surface area contributed by atoms with Crippen LogP contribution in [0.4, 0.5) is 4.39 Å². The molecule has 2 aromatic rings. The van der Waals surface area contributed by atoms with Crippen molar-refractivity contribution in [2.75, 3.05) is 0 Å². The maximum absolute atomic E-state index is 12.9. The van der Waals surface area contributed by atoms with Gasteiger partial charge in [-0.25, -0.2) is 4.39 Å². The molecule has 0 aliphatic rings. The minimum Gasteiger partial charge on any atom is -0.320 e. The molecule has 0 unspecified atom stereocenters. The van der Waals surface area contributed by atoms with Crippen molar-refractivity contribution in [3.63, 3.8) is 0 Å². The third-order valence-electron chi connectivity index (χ3n) is 2.15. The maximum atomic E-state index is 12.9. The van der Waals surface area contributed by atoms with Crippen molar-refractivity contribution in [1.82, 2.24) is 0 Å². The SMILES string of the molecule is Cl.N[C@@H](c1cccs1)c1ccc(F)cc1Br. The molecule has 0 radical (unpaired) electrons. The lowest BCUT2D eigenvalue weighted by Crippen LogP contribution is -2.10. The van der Waals surface area contributed by atoms with Crippen LogP contribution >= 0.6 is 39.7 Å². The van der Waals surface area contributed by atoms with Crippen LogP contribution in [0.3, 0.4) is 0 Å². The Kier molecular flexibility index (Phi) is 4.92. The predicted molar refractivity (Wildman–Crippen MR) is 71.7 cm³/mol. The lowest BCUT2D eigenvalue weighted by Gasteiger charge is -2.11. The first-order chi connectivity index (χ1) is 7.18. The van der Waals surface area contributed by atoms with E-state index in [4.69, 9.17) is 5.73 Å². The van der Waals surface area contributed by atoms with Crippen LogP contribution in [0.1, 0.15) is 16.5 Å². The zero-order valence-electron chi connectivity index (χ0n) is 8.19. The van der Waals surface area contributed by atoms with E-state index in [9.17, 15) is 4.39 Å². The van der Waals surface area contributed by atoms with Gasteiger partial charge in [-0.2, -0.15) is 0 Å². The van der Waals surface area contributed by atoms with Gasteiger partial charge in [0.2, 0.25) is 0 Å². The third-order valence-corrected chi connectivity index (χ3v) is 3.79. The molecule has 1 heterocycles. The summed E-state index contributed by atoms with van der Waals surface area (Å²) in [6.07, 6.45) is 0. The second kappa shape index (κ2) is 5.77. The van der Waals surface area contributed by atoms with Crippen molar-refractivity contribution in [2.45, 2.75) is 6.04 Å². The fraction of sp³-hybridized carbons (Fsp3) is 0.0909. The summed E-state index contributed by atoms with van der Waals surface area (Å²) >= 11 is 4.92. The van der Waals surface area contributed by atoms with Gasteiger partial charge in [-0.1, -0.05) is 28.1 Å². The molecule has 16 heavy (non-hydrogen) atoms. The molecule has 0 aliphatic heterocycles. The van der Waals surface area contributed by atoms with Gasteiger partial charge in [-0.3, -0.25) is 0 Å². The molecular formula is C11H10BrClFNS. The van der Waals surface area contributed by atoms with Gasteiger partial charge in [0.05, 0.1) is 6.04 Å². The molecule has 0 bridgehead atoms. The molecule has 1 aromatic heterocycles. The fourth-order valence-corrected chi connectivity index (χ4v) is 2.72. The van der Waals surface area contributed by atoms with Gasteiger partial charge in [0, 0.05) is 9.35 Å². The average molecular weight is 323 g/mol. The van der Waals surface area contributed by atoms with Crippen molar-refractivity contribution in [3.05, 3.63) is 56.4 Å². The van der Waals surface area contributed by atoms with Crippen LogP contribution in [0.5, 0.6) is 0 Å². The summed E-state index contributed by atoms with van der Waals surface area (Å²) in [7, 11) is 0. The summed E-state index contributed by atoms with van der Waals surface area (Å²) in [5, 5.41) is 1.98. The minimum atomic E-state index is -0.260. The first kappa shape index (κ1) is 13.6. The molecule has 86 valence electrons. The third kappa shape index (κ3) is 2.83. The van der Waals surface area contributed by atoms with Gasteiger partial charge in [-0.15, -0.1) is 23.7 Å². The Balaban J connectivity index is 0.00000128. The van der Waals surface area contributed by atoms with E-state index in [0.29, 0.717) is 4.47 Å². The van der Waals surface area contributed by atoms with E-state index < -0.39 is 0 Å². The first-order valence-corrected chi connectivity index (χ1v) is 6.09. The van der Waals surface area contributed by atoms with Crippen LogP contribution in [-0.4, -0.2) is 0 Å². The number of hydrogen-bond donors (Lipinski definition) is 1. The van der Waals surface area contributed by atoms with Gasteiger partial charge in [0.1, 0.15) is 5.82 Å². The highest BCUT2D eigenvalue weighted by Gasteiger charge is 2.13. The van der Waals surface area contributed by atoms with Crippen LogP contribution in [0.25, 0.3) is 0 Å². The van der Waals surface area contributed by atoms with Crippen molar-refractivity contribution in [2.24, 2.45) is 5.73 Å². The number of rotatable bonds is 2. The molecule has 0 saturated heterocycles. The van der Waals surface area contributed by atoms with E-state index in [1.165, 1.54) is 12.1 Å². The molecular weight excluding hydrogens is 313 g/mol. The summed E-state index contributed by atoms with van der Waals surface area (Å²) < 4.78 is 13.6. The van der Waals surface area contributed by atoms with Crippen LogP contribution < -0.4 is 5.73 Å². The topological polar surface area (TPSA) is 26.0 Å². The maximum Gasteiger partial charge on any atom is 0.124 e. The van der Waals surface area contributed by atoms with Gasteiger partial charge < -0.3 is 5.73 Å². The zero-order valence-corrected chi connectivity index (χ0v) is 11.4. The normalized spacial score (nSPS) is 11.9. The minimum absolute atomic E-state index is 0. The van der Waals surface area contributed by atoms with Crippen molar-refractivity contribution >= 4 is 39.7 Å². The molecule has 0 amide bonds. The number of halogens is 3. The summed E-state index contributed by atoms with van der Waals surface area (Å²) in [4.78, 5) is 1.07. The predicted octanol–water partition coefficient (Wildman–Crippen LogP) is 4.12. The Labute approximate surface area is 112 Å². The van der Waals surface area contributed by atoms with E-state index >= 15 is 0 Å². The molecule has 1 atom stereocenters. The summed E-state index contributed by atoms with van der Waals surface area (Å²) in [5.74, 6) is -0.260. The van der Waals surface area contributed by atoms with Crippen molar-refractivity contribution in [3.8, 4) is 0 Å². The highest BCUT2D eigenvalue weighted by molar-refractivity contribution is 9.10. The molecule has 0 saturated carbocycles. The van der Waals surface area contributed by atoms with Gasteiger partial charge >= 0.3 is 0 Å². The van der Waals surface area contributed by atoms with E-state index in [-0.39, 0.29) is 24.3 Å². The Morgan fingerprint density at radius 3 is 2.62 bits per heavy atom. The number of thiophene rings is 1. The number of nitrogens with two attached hydrogens (primary N) is 1. The molecule has 1 aromatic carbocycles. The van der Waals surface area contributed by atoms with E-state index in [1.807, 2.05) is 17.5 Å². The molecule has 0 fully saturated rings. The molecule has 5 heteroatoms. The van der Waals surface area contributed by atoms with E-state index in [2.05, 4.69) is 15.9 Å². The first-order valence-electron chi connectivity index (χ1n) is 4.42. The lowest BCUT2D eigenvalue weighted by molar-refractivity contribution is 0.625. The fourth-order valence-electron chi connectivity index (χ4n) is 1.38. The Morgan fingerprint density at radius 2 is 2.06 bits per heavy atom. The smallest absolute Gasteiger partial charge is 0.124 e. The van der Waals surface area contributed by atoms with E-state index in [1.54, 1.807) is 17.4 Å². The summed E-state index contributed by atoms with van der Waals surface area (Å²) in [6.45, 7) is 0. The van der Waals surface area contributed by atoms with E-state index in [0.717, 1.165) is 10.4 Å². The molecule has 2 N–H and O–H groups in total. The highest BCUT2D eigenvalue weighted by Crippen LogP contribution is 2.29. The summed E-state index contributed by atoms with van der Waals surface area (Å²) in [6, 6.07) is 8.31. The van der Waals surface area contributed by atoms with Crippen LogP contribution in [0.15, 0.2) is 40.2 Å². The Bertz CT molecular complexity index is 461. The number of benzene rings is 1. The van der Waals surface area contributed by atoms with Gasteiger partial charge in [-0.05, 0) is 29.1 Å². The Morgan fingerprint density at radius 1 is 1.31 bits per heavy atom. The summed E-state index contributed by atoms with van der Waals surface area (Å²) in [5.41, 5.74) is 6.97. The molecule has 2 rings (SSSR count). The largest absolute Gasteiger partial charge is 0.320 e. The number of hydrogen-bond acceptors (Lipinski definition) is 2. The molecule has 0 spiro atoms. The quantitative estimate of drug-likeness (QED) is 0.884. The lowest BCUT2D eigenvalue weighted by atomic mass is 10.1. The van der Waals surface area contributed by atoms with Crippen molar-refractivity contribution in [1.29, 1.82) is 0 Å². The van der Waals surface area contributed by atoms with Crippen LogP contribution in [0.2, 0.25) is 0 Å². The van der Waals surface area contributed by atoms with Gasteiger partial charge in [0.15, 0.2) is 0 Å². The highest BCUT2D eigenvalue weighted by atomic mass is 79.9. The second-order valence-corrected chi connectivity index (χ2v) is 4.99. The van der Waals surface area contributed by atoms with Gasteiger partial charge in [0.25, 0.3) is 0 Å². The zero-order chi connectivity index (χ0) is 10.8. The monoisotopic (exact) mass is 321 g/mol. The average Bonchev–Trinajstić information content (AvgIpc) is 2.69. The molecule has 1 nitrogen and oxygen atoms in total. The second-order valence-electron chi connectivity index (χ2n) is 3.16. The van der Waals surface area contributed by atoms with Crippen LogP contribution in [-0.2, 0) is 0 Å².